The number of pyridine rings is 1. The van der Waals surface area contributed by atoms with Gasteiger partial charge in [-0.25, -0.2) is 8.60 Å². The number of hydrogen-bond acceptors (Lipinski definition) is 2. The summed E-state index contributed by atoms with van der Waals surface area (Å²) in [6, 6.07) is 14.7. The van der Waals surface area contributed by atoms with Gasteiger partial charge in [0.1, 0.15) is 5.82 Å². The standard InChI is InChI=1S/C19H16FNO2S/c1-13-3-2-4-14(9-13)17-7-8-21-11-18(17)15-5-6-16(12-24(22)23)19(20)10-15/h2-11H,12H2,1H3,(H,22,23). The Morgan fingerprint density at radius 1 is 1.08 bits per heavy atom. The fourth-order valence-electron chi connectivity index (χ4n) is 2.65. The number of aryl methyl sites for hydroxylation is 1. The van der Waals surface area contributed by atoms with Gasteiger partial charge >= 0.3 is 0 Å². The van der Waals surface area contributed by atoms with Crippen LogP contribution in [0.1, 0.15) is 11.1 Å². The van der Waals surface area contributed by atoms with E-state index in [1.54, 1.807) is 24.5 Å². The minimum atomic E-state index is -2.07. The van der Waals surface area contributed by atoms with Gasteiger partial charge < -0.3 is 4.55 Å². The SMILES string of the molecule is Cc1cccc(-c2ccncc2-c2ccc(CS(=O)O)c(F)c2)c1. The minimum absolute atomic E-state index is 0.218. The molecule has 0 saturated heterocycles. The van der Waals surface area contributed by atoms with Crippen molar-refractivity contribution in [2.24, 2.45) is 0 Å². The van der Waals surface area contributed by atoms with Gasteiger partial charge in [-0.3, -0.25) is 4.98 Å². The van der Waals surface area contributed by atoms with Crippen LogP contribution in [0.2, 0.25) is 0 Å². The summed E-state index contributed by atoms with van der Waals surface area (Å²) in [7, 11) is 0. The second kappa shape index (κ2) is 7.03. The molecule has 122 valence electrons. The first-order valence-electron chi connectivity index (χ1n) is 7.42. The first-order valence-corrected chi connectivity index (χ1v) is 8.69. The average molecular weight is 341 g/mol. The van der Waals surface area contributed by atoms with Crippen molar-refractivity contribution in [1.29, 1.82) is 0 Å². The number of aromatic nitrogens is 1. The summed E-state index contributed by atoms with van der Waals surface area (Å²) in [5, 5.41) is 0. The van der Waals surface area contributed by atoms with E-state index < -0.39 is 16.9 Å². The third kappa shape index (κ3) is 3.58. The van der Waals surface area contributed by atoms with E-state index in [0.29, 0.717) is 5.56 Å². The molecule has 0 fully saturated rings. The van der Waals surface area contributed by atoms with Crippen LogP contribution in [0.15, 0.2) is 60.9 Å². The fourth-order valence-corrected chi connectivity index (χ4v) is 3.15. The molecule has 1 N–H and O–H groups in total. The molecule has 1 unspecified atom stereocenters. The van der Waals surface area contributed by atoms with Crippen LogP contribution in [0.25, 0.3) is 22.3 Å². The molecule has 2 aromatic carbocycles. The van der Waals surface area contributed by atoms with E-state index in [1.807, 2.05) is 31.2 Å². The fraction of sp³-hybridized carbons (Fsp3) is 0.105. The third-order valence-electron chi connectivity index (χ3n) is 3.79. The van der Waals surface area contributed by atoms with Gasteiger partial charge in [-0.1, -0.05) is 42.0 Å². The van der Waals surface area contributed by atoms with Crippen LogP contribution in [0, 0.1) is 12.7 Å². The largest absolute Gasteiger partial charge is 0.306 e. The van der Waals surface area contributed by atoms with Gasteiger partial charge in [0.15, 0.2) is 11.1 Å². The Labute approximate surface area is 142 Å². The third-order valence-corrected chi connectivity index (χ3v) is 4.35. The summed E-state index contributed by atoms with van der Waals surface area (Å²) < 4.78 is 34.0. The number of halogens is 1. The van der Waals surface area contributed by atoms with Crippen molar-refractivity contribution in [1.82, 2.24) is 4.98 Å². The number of hydrogen-bond donors (Lipinski definition) is 1. The average Bonchev–Trinajstić information content (AvgIpc) is 2.56. The summed E-state index contributed by atoms with van der Waals surface area (Å²) in [6.45, 7) is 2.02. The van der Waals surface area contributed by atoms with E-state index in [9.17, 15) is 8.60 Å². The van der Waals surface area contributed by atoms with Crippen molar-refractivity contribution in [2.45, 2.75) is 12.7 Å². The zero-order valence-electron chi connectivity index (χ0n) is 13.1. The molecule has 0 bridgehead atoms. The monoisotopic (exact) mass is 341 g/mol. The molecule has 0 amide bonds. The lowest BCUT2D eigenvalue weighted by molar-refractivity contribution is 0.559. The highest BCUT2D eigenvalue weighted by Crippen LogP contribution is 2.32. The van der Waals surface area contributed by atoms with Gasteiger partial charge in [-0.05, 0) is 35.7 Å². The first kappa shape index (κ1) is 16.5. The smallest absolute Gasteiger partial charge is 0.157 e. The van der Waals surface area contributed by atoms with Crippen LogP contribution in [-0.4, -0.2) is 13.7 Å². The Morgan fingerprint density at radius 3 is 2.58 bits per heavy atom. The molecule has 1 atom stereocenters. The van der Waals surface area contributed by atoms with E-state index in [2.05, 4.69) is 11.1 Å². The van der Waals surface area contributed by atoms with E-state index in [1.165, 1.54) is 6.07 Å². The molecule has 3 nitrogen and oxygen atoms in total. The molecule has 0 aliphatic rings. The molecule has 0 radical (unpaired) electrons. The number of nitrogens with zero attached hydrogens (tertiary/aromatic N) is 1. The Bertz CT molecular complexity index is 911. The van der Waals surface area contributed by atoms with Gasteiger partial charge in [-0.15, -0.1) is 0 Å². The van der Waals surface area contributed by atoms with Gasteiger partial charge in [0.25, 0.3) is 0 Å². The molecule has 5 heteroatoms. The van der Waals surface area contributed by atoms with E-state index in [-0.39, 0.29) is 11.3 Å². The second-order valence-corrected chi connectivity index (χ2v) is 6.49. The summed E-state index contributed by atoms with van der Waals surface area (Å²) in [4.78, 5) is 4.16. The van der Waals surface area contributed by atoms with Crippen molar-refractivity contribution in [2.75, 3.05) is 0 Å². The minimum Gasteiger partial charge on any atom is -0.306 e. The topological polar surface area (TPSA) is 50.2 Å². The summed E-state index contributed by atoms with van der Waals surface area (Å²) in [6.07, 6.45) is 3.41. The Kier molecular flexibility index (Phi) is 4.83. The van der Waals surface area contributed by atoms with Crippen LogP contribution in [0.3, 0.4) is 0 Å². The Morgan fingerprint density at radius 2 is 1.88 bits per heavy atom. The normalized spacial score (nSPS) is 12.1. The molecule has 24 heavy (non-hydrogen) atoms. The van der Waals surface area contributed by atoms with Gasteiger partial charge in [0.05, 0.1) is 5.75 Å². The highest BCUT2D eigenvalue weighted by Gasteiger charge is 2.11. The quantitative estimate of drug-likeness (QED) is 0.706. The van der Waals surface area contributed by atoms with E-state index in [4.69, 9.17) is 4.55 Å². The number of benzene rings is 2. The summed E-state index contributed by atoms with van der Waals surface area (Å²) >= 11 is -2.07. The molecular formula is C19H16FNO2S. The van der Waals surface area contributed by atoms with E-state index in [0.717, 1.165) is 22.3 Å². The zero-order valence-corrected chi connectivity index (χ0v) is 13.9. The lowest BCUT2D eigenvalue weighted by atomic mass is 9.95. The van der Waals surface area contributed by atoms with Crippen molar-refractivity contribution in [3.63, 3.8) is 0 Å². The predicted molar refractivity (Wildman–Crippen MR) is 94.3 cm³/mol. The van der Waals surface area contributed by atoms with Crippen LogP contribution < -0.4 is 0 Å². The van der Waals surface area contributed by atoms with Crippen LogP contribution in [-0.2, 0) is 16.8 Å². The Balaban J connectivity index is 2.08. The van der Waals surface area contributed by atoms with Crippen molar-refractivity contribution in [3.05, 3.63) is 77.9 Å². The van der Waals surface area contributed by atoms with E-state index >= 15 is 0 Å². The van der Waals surface area contributed by atoms with Crippen molar-refractivity contribution < 1.29 is 13.2 Å². The molecular weight excluding hydrogens is 325 g/mol. The Hall–Kier alpha value is -2.37. The van der Waals surface area contributed by atoms with Crippen molar-refractivity contribution >= 4 is 11.1 Å². The molecule has 3 rings (SSSR count). The van der Waals surface area contributed by atoms with Crippen molar-refractivity contribution in [3.8, 4) is 22.3 Å². The lowest BCUT2D eigenvalue weighted by Crippen LogP contribution is -1.97. The second-order valence-electron chi connectivity index (χ2n) is 5.56. The molecule has 0 aliphatic heterocycles. The van der Waals surface area contributed by atoms with Gasteiger partial charge in [0.2, 0.25) is 0 Å². The summed E-state index contributed by atoms with van der Waals surface area (Å²) in [5.74, 6) is -0.710. The van der Waals surface area contributed by atoms with Gasteiger partial charge in [0, 0.05) is 23.5 Å². The maximum absolute atomic E-state index is 14.2. The molecule has 3 aromatic rings. The number of rotatable bonds is 4. The predicted octanol–water partition coefficient (Wildman–Crippen LogP) is 4.58. The van der Waals surface area contributed by atoms with Gasteiger partial charge in [-0.2, -0.15) is 0 Å². The highest BCUT2D eigenvalue weighted by atomic mass is 32.2. The molecule has 0 aliphatic carbocycles. The maximum atomic E-state index is 14.2. The van der Waals surface area contributed by atoms with Crippen LogP contribution in [0.4, 0.5) is 4.39 Å². The lowest BCUT2D eigenvalue weighted by Gasteiger charge is -2.11. The maximum Gasteiger partial charge on any atom is 0.157 e. The molecule has 0 saturated carbocycles. The molecule has 0 spiro atoms. The summed E-state index contributed by atoms with van der Waals surface area (Å²) in [5.41, 5.74) is 4.87. The zero-order chi connectivity index (χ0) is 17.1. The van der Waals surface area contributed by atoms with Crippen LogP contribution in [0.5, 0.6) is 0 Å². The molecule has 1 heterocycles. The highest BCUT2D eigenvalue weighted by molar-refractivity contribution is 7.78. The first-order chi connectivity index (χ1) is 11.5. The molecule has 1 aromatic heterocycles. The van der Waals surface area contributed by atoms with Crippen LogP contribution >= 0.6 is 0 Å².